The average molecular weight is 481 g/mol. The van der Waals surface area contributed by atoms with Gasteiger partial charge in [0, 0.05) is 24.5 Å². The Balaban J connectivity index is 1.76. The second-order valence-corrected chi connectivity index (χ2v) is 7.68. The highest BCUT2D eigenvalue weighted by Crippen LogP contribution is 2.39. The van der Waals surface area contributed by atoms with E-state index in [1.807, 2.05) is 11.9 Å². The van der Waals surface area contributed by atoms with Gasteiger partial charge in [-0.2, -0.15) is 4.98 Å². The van der Waals surface area contributed by atoms with Gasteiger partial charge in [0.25, 0.3) is 6.43 Å². The molecule has 35 heavy (non-hydrogen) atoms. The number of nitrogen functional groups attached to an aromatic ring is 1. The lowest BCUT2D eigenvalue weighted by atomic mass is 9.99. The molecule has 1 aromatic carbocycles. The monoisotopic (exact) mass is 481 g/mol. The highest BCUT2D eigenvalue weighted by Gasteiger charge is 2.21. The van der Waals surface area contributed by atoms with E-state index < -0.39 is 17.9 Å². The Hall–Kier alpha value is -4.28. The Labute approximate surface area is 199 Å². The maximum atomic E-state index is 13.6. The fourth-order valence-corrected chi connectivity index (χ4v) is 3.49. The molecule has 0 aliphatic heterocycles. The molecule has 4 rings (SSSR count). The van der Waals surface area contributed by atoms with Gasteiger partial charge in [0.15, 0.2) is 0 Å². The van der Waals surface area contributed by atoms with Gasteiger partial charge in [-0.15, -0.1) is 0 Å². The number of likely N-dealkylation sites (N-methyl/N-ethyl adjacent to an activating group) is 1. The molecule has 0 aliphatic rings. The number of pyridine rings is 1. The first kappa shape index (κ1) is 23.9. The molecule has 0 bridgehead atoms. The van der Waals surface area contributed by atoms with Crippen molar-refractivity contribution in [2.24, 2.45) is 0 Å². The number of halogens is 3. The number of rotatable bonds is 8. The molecule has 0 atom stereocenters. The molecule has 8 nitrogen and oxygen atoms in total. The SMILES string of the molecule is Cc1cc(-c2c(OCCN(C)c3ccncn3)nc(N)nc2-c2ccc(F)cc2)cc(C(F)F)n1. The predicted octanol–water partition coefficient (Wildman–Crippen LogP) is 4.48. The molecule has 3 heterocycles. The number of nitrogens with two attached hydrogens (primary N) is 1. The molecular weight excluding hydrogens is 459 g/mol. The number of ether oxygens (including phenoxy) is 1. The summed E-state index contributed by atoms with van der Waals surface area (Å²) in [6, 6.07) is 10.2. The van der Waals surface area contributed by atoms with Crippen LogP contribution >= 0.6 is 0 Å². The zero-order valence-corrected chi connectivity index (χ0v) is 19.0. The highest BCUT2D eigenvalue weighted by atomic mass is 19.3. The highest BCUT2D eigenvalue weighted by molar-refractivity contribution is 5.85. The van der Waals surface area contributed by atoms with E-state index in [1.54, 1.807) is 25.3 Å². The minimum atomic E-state index is -2.77. The molecule has 0 unspecified atom stereocenters. The summed E-state index contributed by atoms with van der Waals surface area (Å²) in [5, 5.41) is 0. The normalized spacial score (nSPS) is 11.0. The number of anilines is 2. The van der Waals surface area contributed by atoms with Crippen molar-refractivity contribution < 1.29 is 17.9 Å². The van der Waals surface area contributed by atoms with Crippen LogP contribution in [0.1, 0.15) is 17.8 Å². The lowest BCUT2D eigenvalue weighted by molar-refractivity contribution is 0.146. The molecule has 0 saturated heterocycles. The van der Waals surface area contributed by atoms with E-state index >= 15 is 0 Å². The predicted molar refractivity (Wildman–Crippen MR) is 126 cm³/mol. The smallest absolute Gasteiger partial charge is 0.280 e. The molecule has 0 aliphatic carbocycles. The van der Waals surface area contributed by atoms with Crippen molar-refractivity contribution in [3.8, 4) is 28.3 Å². The summed E-state index contributed by atoms with van der Waals surface area (Å²) in [4.78, 5) is 22.4. The number of aromatic nitrogens is 5. The summed E-state index contributed by atoms with van der Waals surface area (Å²) in [6.07, 6.45) is 0.296. The van der Waals surface area contributed by atoms with E-state index in [-0.39, 0.29) is 18.4 Å². The van der Waals surface area contributed by atoms with Crippen LogP contribution in [-0.2, 0) is 0 Å². The summed E-state index contributed by atoms with van der Waals surface area (Å²) < 4.78 is 46.6. The number of hydrogen-bond acceptors (Lipinski definition) is 8. The fraction of sp³-hybridized carbons (Fsp3) is 0.208. The molecule has 0 saturated carbocycles. The van der Waals surface area contributed by atoms with Crippen molar-refractivity contribution in [3.63, 3.8) is 0 Å². The van der Waals surface area contributed by atoms with Crippen LogP contribution in [0.2, 0.25) is 0 Å². The zero-order valence-electron chi connectivity index (χ0n) is 19.0. The van der Waals surface area contributed by atoms with Gasteiger partial charge in [0.2, 0.25) is 11.8 Å². The van der Waals surface area contributed by atoms with Crippen LogP contribution in [0.4, 0.5) is 24.9 Å². The number of nitrogens with zero attached hydrogens (tertiary/aromatic N) is 6. The van der Waals surface area contributed by atoms with E-state index in [0.717, 1.165) is 0 Å². The number of hydrogen-bond donors (Lipinski definition) is 1. The second kappa shape index (κ2) is 10.3. The zero-order chi connectivity index (χ0) is 24.9. The first-order valence-corrected chi connectivity index (χ1v) is 10.6. The van der Waals surface area contributed by atoms with Gasteiger partial charge < -0.3 is 15.4 Å². The van der Waals surface area contributed by atoms with Crippen LogP contribution in [0.25, 0.3) is 22.4 Å². The largest absolute Gasteiger partial charge is 0.475 e. The topological polar surface area (TPSA) is 103 Å². The number of benzene rings is 1. The minimum Gasteiger partial charge on any atom is -0.475 e. The van der Waals surface area contributed by atoms with Gasteiger partial charge in [-0.05, 0) is 55.0 Å². The molecule has 4 aromatic rings. The van der Waals surface area contributed by atoms with Crippen molar-refractivity contribution in [1.29, 1.82) is 0 Å². The Morgan fingerprint density at radius 3 is 2.49 bits per heavy atom. The van der Waals surface area contributed by atoms with Crippen molar-refractivity contribution >= 4 is 11.8 Å². The van der Waals surface area contributed by atoms with Crippen molar-refractivity contribution in [1.82, 2.24) is 24.9 Å². The summed E-state index contributed by atoms with van der Waals surface area (Å²) in [5.74, 6) is 0.302. The summed E-state index contributed by atoms with van der Waals surface area (Å²) in [5.41, 5.74) is 7.53. The van der Waals surface area contributed by atoms with Gasteiger partial charge in [-0.3, -0.25) is 4.98 Å². The van der Waals surface area contributed by atoms with Crippen molar-refractivity contribution in [2.75, 3.05) is 30.8 Å². The molecule has 0 spiro atoms. The molecule has 180 valence electrons. The van der Waals surface area contributed by atoms with Gasteiger partial charge in [-0.25, -0.2) is 28.1 Å². The van der Waals surface area contributed by atoms with Crippen LogP contribution in [0, 0.1) is 12.7 Å². The van der Waals surface area contributed by atoms with Gasteiger partial charge >= 0.3 is 0 Å². The first-order valence-electron chi connectivity index (χ1n) is 10.6. The Morgan fingerprint density at radius 2 is 1.80 bits per heavy atom. The molecule has 2 N–H and O–H groups in total. The third-order valence-electron chi connectivity index (χ3n) is 5.12. The Kier molecular flexibility index (Phi) is 7.04. The number of alkyl halides is 2. The maximum Gasteiger partial charge on any atom is 0.280 e. The molecule has 11 heteroatoms. The van der Waals surface area contributed by atoms with E-state index in [0.29, 0.717) is 40.4 Å². The van der Waals surface area contributed by atoms with Crippen molar-refractivity contribution in [2.45, 2.75) is 13.3 Å². The molecule has 0 radical (unpaired) electrons. The lowest BCUT2D eigenvalue weighted by Crippen LogP contribution is -2.25. The van der Waals surface area contributed by atoms with E-state index in [2.05, 4.69) is 24.9 Å². The van der Waals surface area contributed by atoms with E-state index in [1.165, 1.54) is 36.7 Å². The Morgan fingerprint density at radius 1 is 1.03 bits per heavy atom. The maximum absolute atomic E-state index is 13.6. The summed E-state index contributed by atoms with van der Waals surface area (Å²) in [7, 11) is 1.84. The van der Waals surface area contributed by atoms with Crippen LogP contribution in [0.5, 0.6) is 5.88 Å². The van der Waals surface area contributed by atoms with Crippen molar-refractivity contribution in [3.05, 3.63) is 72.2 Å². The third-order valence-corrected chi connectivity index (χ3v) is 5.12. The molecule has 0 amide bonds. The van der Waals surface area contributed by atoms with Crippen LogP contribution in [0.3, 0.4) is 0 Å². The summed E-state index contributed by atoms with van der Waals surface area (Å²) >= 11 is 0. The van der Waals surface area contributed by atoms with Crippen LogP contribution in [0.15, 0.2) is 55.0 Å². The molecule has 3 aromatic heterocycles. The van der Waals surface area contributed by atoms with Gasteiger partial charge in [0.05, 0.1) is 17.8 Å². The third kappa shape index (κ3) is 5.62. The van der Waals surface area contributed by atoms with Crippen LogP contribution in [-0.4, -0.2) is 45.1 Å². The quantitative estimate of drug-likeness (QED) is 0.393. The second-order valence-electron chi connectivity index (χ2n) is 7.68. The number of aryl methyl sites for hydroxylation is 1. The Bertz CT molecular complexity index is 1300. The molecular formula is C24H22F3N7O. The van der Waals surface area contributed by atoms with Gasteiger partial charge in [-0.1, -0.05) is 0 Å². The standard InChI is InChI=1S/C24H22F3N7O/c1-14-11-16(12-18(31-14)22(26)27)20-21(15-3-5-17(25)6-4-15)32-24(28)33-23(20)35-10-9-34(2)19-7-8-29-13-30-19/h3-8,11-13,22H,9-10H2,1-2H3,(H2,28,32,33). The first-order chi connectivity index (χ1) is 16.8. The summed E-state index contributed by atoms with van der Waals surface area (Å²) in [6.45, 7) is 2.23. The van der Waals surface area contributed by atoms with Crippen LogP contribution < -0.4 is 15.4 Å². The lowest BCUT2D eigenvalue weighted by Gasteiger charge is -2.20. The van der Waals surface area contributed by atoms with Gasteiger partial charge in [0.1, 0.15) is 30.3 Å². The average Bonchev–Trinajstić information content (AvgIpc) is 2.84. The van der Waals surface area contributed by atoms with E-state index in [4.69, 9.17) is 10.5 Å². The molecule has 0 fully saturated rings. The fourth-order valence-electron chi connectivity index (χ4n) is 3.49. The minimum absolute atomic E-state index is 0.0768. The van der Waals surface area contributed by atoms with E-state index in [9.17, 15) is 13.2 Å².